The fraction of sp³-hybridized carbons (Fsp3) is 0.0980. The van der Waals surface area contributed by atoms with E-state index < -0.39 is 0 Å². The highest BCUT2D eigenvalue weighted by Crippen LogP contribution is 2.54. The van der Waals surface area contributed by atoms with Crippen LogP contribution in [0.25, 0.3) is 56.0 Å². The lowest BCUT2D eigenvalue weighted by Crippen LogP contribution is -2.23. The summed E-state index contributed by atoms with van der Waals surface area (Å²) in [6.07, 6.45) is 6.75. The average Bonchev–Trinajstić information content (AvgIpc) is 3.49. The minimum atomic E-state index is -0.0750. The van der Waals surface area contributed by atoms with Crippen LogP contribution in [0.4, 0.5) is 17.1 Å². The maximum Gasteiger partial charge on any atom is 0.0465 e. The summed E-state index contributed by atoms with van der Waals surface area (Å²) in [5.74, 6) is 0. The zero-order chi connectivity index (χ0) is 35.1. The third kappa shape index (κ3) is 5.16. The molecule has 0 radical (unpaired) electrons. The van der Waals surface area contributed by atoms with Gasteiger partial charge in [0.15, 0.2) is 0 Å². The van der Waals surface area contributed by atoms with Crippen molar-refractivity contribution in [3.05, 3.63) is 198 Å². The lowest BCUT2D eigenvalue weighted by atomic mass is 9.73. The van der Waals surface area contributed by atoms with E-state index in [-0.39, 0.29) is 5.41 Å². The molecule has 1 aliphatic rings. The van der Waals surface area contributed by atoms with E-state index in [0.29, 0.717) is 0 Å². The van der Waals surface area contributed by atoms with Gasteiger partial charge in [-0.2, -0.15) is 0 Å². The van der Waals surface area contributed by atoms with Crippen LogP contribution in [0.2, 0.25) is 0 Å². The topological polar surface area (TPSA) is 3.24 Å². The zero-order valence-corrected chi connectivity index (χ0v) is 29.8. The van der Waals surface area contributed by atoms with E-state index in [1.807, 2.05) is 0 Å². The van der Waals surface area contributed by atoms with E-state index in [2.05, 4.69) is 207 Å². The zero-order valence-electron chi connectivity index (χ0n) is 29.8. The molecule has 1 heteroatoms. The van der Waals surface area contributed by atoms with Crippen molar-refractivity contribution in [2.24, 2.45) is 0 Å². The van der Waals surface area contributed by atoms with Crippen LogP contribution in [-0.4, -0.2) is 0 Å². The predicted molar refractivity (Wildman–Crippen MR) is 224 cm³/mol. The molecule has 8 aromatic rings. The molecule has 0 spiro atoms. The van der Waals surface area contributed by atoms with E-state index in [4.69, 9.17) is 0 Å². The molecule has 1 nitrogen and oxygen atoms in total. The molecule has 0 saturated carbocycles. The summed E-state index contributed by atoms with van der Waals surface area (Å²) in [5.41, 5.74) is 14.0. The lowest BCUT2D eigenvalue weighted by Gasteiger charge is -2.32. The van der Waals surface area contributed by atoms with Gasteiger partial charge in [-0.25, -0.2) is 0 Å². The van der Waals surface area contributed by atoms with Crippen LogP contribution in [0.3, 0.4) is 0 Å². The SMILES string of the molecule is CCC1(CC)c2cc(/C=C/c3c(-c4ccccc4)c4ccccc4c4ccccc34)ccc2-c2ccc(N(c3ccccc3)c3ccccc3)cc21. The van der Waals surface area contributed by atoms with Crippen molar-refractivity contribution in [3.8, 4) is 22.3 Å². The van der Waals surface area contributed by atoms with Crippen molar-refractivity contribution in [2.45, 2.75) is 32.1 Å². The summed E-state index contributed by atoms with van der Waals surface area (Å²) >= 11 is 0. The molecule has 0 heterocycles. The molecule has 250 valence electrons. The van der Waals surface area contributed by atoms with E-state index in [9.17, 15) is 0 Å². The quantitative estimate of drug-likeness (QED) is 0.115. The minimum Gasteiger partial charge on any atom is -0.310 e. The first-order valence-corrected chi connectivity index (χ1v) is 18.6. The Kier molecular flexibility index (Phi) is 8.05. The van der Waals surface area contributed by atoms with Crippen molar-refractivity contribution in [1.82, 2.24) is 0 Å². The van der Waals surface area contributed by atoms with Crippen LogP contribution >= 0.6 is 0 Å². The van der Waals surface area contributed by atoms with E-state index in [1.165, 1.54) is 71.7 Å². The van der Waals surface area contributed by atoms with Gasteiger partial charge in [0.2, 0.25) is 0 Å². The van der Waals surface area contributed by atoms with Crippen LogP contribution in [0.5, 0.6) is 0 Å². The molecule has 0 fully saturated rings. The molecule has 9 rings (SSSR count). The molecule has 0 saturated heterocycles. The van der Waals surface area contributed by atoms with Gasteiger partial charge in [0, 0.05) is 22.5 Å². The van der Waals surface area contributed by atoms with E-state index >= 15 is 0 Å². The number of hydrogen-bond donors (Lipinski definition) is 0. The van der Waals surface area contributed by atoms with Crippen molar-refractivity contribution < 1.29 is 0 Å². The van der Waals surface area contributed by atoms with Crippen LogP contribution < -0.4 is 4.90 Å². The fourth-order valence-electron chi connectivity index (χ4n) is 8.79. The monoisotopic (exact) mass is 667 g/mol. The second-order valence-electron chi connectivity index (χ2n) is 13.9. The van der Waals surface area contributed by atoms with Gasteiger partial charge in [0.25, 0.3) is 0 Å². The maximum absolute atomic E-state index is 2.47. The lowest BCUT2D eigenvalue weighted by molar-refractivity contribution is 0.490. The molecule has 0 aromatic heterocycles. The number of para-hydroxylation sites is 2. The standard InChI is InChI=1S/C51H41N/c1-3-51(4-2)48-34-36(29-32-47-43-26-15-14-24-41(43)42-25-16-17-27-46(42)50(47)37-18-8-5-9-19-37)28-31-44(48)45-33-30-40(35-49(45)51)52(38-20-10-6-11-21-38)39-22-12-7-13-23-39/h5-35H,3-4H2,1-2H3/b32-29+. The fourth-order valence-corrected chi connectivity index (χ4v) is 8.79. The molecule has 0 unspecified atom stereocenters. The summed E-state index contributed by atoms with van der Waals surface area (Å²) in [5, 5.41) is 5.13. The first kappa shape index (κ1) is 31.8. The van der Waals surface area contributed by atoms with Gasteiger partial charge in [0.05, 0.1) is 0 Å². The Balaban J connectivity index is 1.17. The summed E-state index contributed by atoms with van der Waals surface area (Å²) in [4.78, 5) is 2.38. The van der Waals surface area contributed by atoms with Crippen LogP contribution in [0, 0.1) is 0 Å². The highest BCUT2D eigenvalue weighted by molar-refractivity contribution is 6.18. The Morgan fingerprint density at radius 2 is 0.942 bits per heavy atom. The average molecular weight is 668 g/mol. The number of nitrogens with zero attached hydrogens (tertiary/aromatic N) is 1. The van der Waals surface area contributed by atoms with Crippen molar-refractivity contribution in [3.63, 3.8) is 0 Å². The third-order valence-corrected chi connectivity index (χ3v) is 11.3. The number of hydrogen-bond acceptors (Lipinski definition) is 1. The van der Waals surface area contributed by atoms with Crippen molar-refractivity contribution in [2.75, 3.05) is 4.90 Å². The molecule has 0 bridgehead atoms. The second-order valence-corrected chi connectivity index (χ2v) is 13.9. The summed E-state index contributed by atoms with van der Waals surface area (Å²) < 4.78 is 0. The number of anilines is 3. The molecule has 0 aliphatic heterocycles. The number of benzene rings is 8. The molecule has 8 aromatic carbocycles. The first-order chi connectivity index (χ1) is 25.7. The highest BCUT2D eigenvalue weighted by Gasteiger charge is 2.41. The number of rotatable bonds is 8. The van der Waals surface area contributed by atoms with Crippen LogP contribution in [0.1, 0.15) is 48.9 Å². The molecular formula is C51H41N. The third-order valence-electron chi connectivity index (χ3n) is 11.3. The van der Waals surface area contributed by atoms with Gasteiger partial charge in [-0.3, -0.25) is 0 Å². The maximum atomic E-state index is 2.47. The smallest absolute Gasteiger partial charge is 0.0465 e. The van der Waals surface area contributed by atoms with Crippen molar-refractivity contribution in [1.29, 1.82) is 0 Å². The van der Waals surface area contributed by atoms with Crippen LogP contribution in [-0.2, 0) is 5.41 Å². The van der Waals surface area contributed by atoms with Gasteiger partial charge in [-0.1, -0.05) is 166 Å². The minimum absolute atomic E-state index is 0.0750. The van der Waals surface area contributed by atoms with Crippen molar-refractivity contribution >= 4 is 50.8 Å². The molecule has 52 heavy (non-hydrogen) atoms. The molecular weight excluding hydrogens is 627 g/mol. The summed E-state index contributed by atoms with van der Waals surface area (Å²) in [7, 11) is 0. The van der Waals surface area contributed by atoms with Gasteiger partial charge in [-0.05, 0) is 115 Å². The summed E-state index contributed by atoms with van der Waals surface area (Å²) in [6.45, 7) is 4.72. The largest absolute Gasteiger partial charge is 0.310 e. The van der Waals surface area contributed by atoms with Gasteiger partial charge in [0.1, 0.15) is 0 Å². The highest BCUT2D eigenvalue weighted by atomic mass is 15.1. The first-order valence-electron chi connectivity index (χ1n) is 18.6. The van der Waals surface area contributed by atoms with Crippen LogP contribution in [0.15, 0.2) is 176 Å². The van der Waals surface area contributed by atoms with E-state index in [1.54, 1.807) is 0 Å². The summed E-state index contributed by atoms with van der Waals surface area (Å²) in [6, 6.07) is 64.3. The normalized spacial score (nSPS) is 13.0. The number of fused-ring (bicyclic) bond motifs is 6. The van der Waals surface area contributed by atoms with E-state index in [0.717, 1.165) is 24.2 Å². The predicted octanol–water partition coefficient (Wildman–Crippen LogP) is 14.4. The Morgan fingerprint density at radius 3 is 1.56 bits per heavy atom. The van der Waals surface area contributed by atoms with Gasteiger partial charge < -0.3 is 4.90 Å². The Labute approximate surface area is 307 Å². The molecule has 0 atom stereocenters. The Bertz CT molecular complexity index is 2540. The Hall–Kier alpha value is -6.18. The van der Waals surface area contributed by atoms with Gasteiger partial charge >= 0.3 is 0 Å². The molecule has 0 amide bonds. The second kappa shape index (κ2) is 13.2. The van der Waals surface area contributed by atoms with Gasteiger partial charge in [-0.15, -0.1) is 0 Å². The molecule has 0 N–H and O–H groups in total. The Morgan fingerprint density at radius 1 is 0.442 bits per heavy atom. The molecule has 1 aliphatic carbocycles.